The van der Waals surface area contributed by atoms with Crippen LogP contribution in [0.5, 0.6) is 0 Å². The number of aliphatic hydroxyl groups is 1. The molecule has 1 heterocycles. The number of alkyl carbamates (subject to hydrolysis) is 1. The summed E-state index contributed by atoms with van der Waals surface area (Å²) in [5.41, 5.74) is 6.62. The first kappa shape index (κ1) is 27.6. The second-order valence-electron chi connectivity index (χ2n) is 10.5. The normalized spacial score (nSPS) is 33.3. The van der Waals surface area contributed by atoms with Gasteiger partial charge in [-0.05, 0) is 92.7 Å². The summed E-state index contributed by atoms with van der Waals surface area (Å²) in [6.07, 6.45) is 10.6. The Morgan fingerprint density at radius 3 is 2.87 bits per heavy atom. The van der Waals surface area contributed by atoms with Gasteiger partial charge in [0.25, 0.3) is 0 Å². The summed E-state index contributed by atoms with van der Waals surface area (Å²) in [4.78, 5) is 24.7. The highest BCUT2D eigenvalue weighted by atomic mass is 19.1. The Bertz CT molecular complexity index is 1160. The molecule has 2 saturated carbocycles. The molecular weight excluding hydrogens is 487 g/mol. The van der Waals surface area contributed by atoms with E-state index in [2.05, 4.69) is 11.9 Å². The van der Waals surface area contributed by atoms with E-state index < -0.39 is 23.8 Å². The van der Waals surface area contributed by atoms with Gasteiger partial charge < -0.3 is 25.6 Å². The number of nitrogens with two attached hydrogens (primary N) is 1. The molecule has 1 aromatic carbocycles. The molecule has 3 aliphatic rings. The molecular formula is C30H37FN2O5. The topological polar surface area (TPSA) is 111 Å². The molecule has 8 heteroatoms. The van der Waals surface area contributed by atoms with E-state index in [9.17, 15) is 19.1 Å². The van der Waals surface area contributed by atoms with Crippen molar-refractivity contribution in [2.75, 3.05) is 6.61 Å². The van der Waals surface area contributed by atoms with Gasteiger partial charge in [0.1, 0.15) is 11.9 Å². The maximum Gasteiger partial charge on any atom is 0.407 e. The van der Waals surface area contributed by atoms with Crippen molar-refractivity contribution in [3.8, 4) is 0 Å². The number of hydrogen-bond donors (Lipinski definition) is 3. The van der Waals surface area contributed by atoms with Crippen LogP contribution in [0.1, 0.15) is 45.1 Å². The number of benzene rings is 1. The number of nitrogens with one attached hydrogen (secondary N) is 1. The Balaban J connectivity index is 1.56. The number of esters is 1. The molecule has 7 atom stereocenters. The number of amides is 1. The van der Waals surface area contributed by atoms with Crippen LogP contribution in [0.15, 0.2) is 66.9 Å². The number of carbonyl (C=O) groups is 2. The second kappa shape index (κ2) is 11.6. The fourth-order valence-corrected chi connectivity index (χ4v) is 6.56. The first-order chi connectivity index (χ1) is 18.2. The largest absolute Gasteiger partial charge is 0.460 e. The van der Waals surface area contributed by atoms with Crippen molar-refractivity contribution in [1.29, 1.82) is 0 Å². The van der Waals surface area contributed by atoms with Crippen LogP contribution in [-0.2, 0) is 14.3 Å². The summed E-state index contributed by atoms with van der Waals surface area (Å²) >= 11 is 0. The molecule has 4 rings (SSSR count). The number of cyclic esters (lactones) is 1. The van der Waals surface area contributed by atoms with E-state index in [0.717, 1.165) is 18.4 Å². The summed E-state index contributed by atoms with van der Waals surface area (Å²) in [6.45, 7) is 7.69. The Labute approximate surface area is 223 Å². The monoisotopic (exact) mass is 524 g/mol. The first-order valence-corrected chi connectivity index (χ1v) is 13.3. The van der Waals surface area contributed by atoms with Crippen molar-refractivity contribution in [2.45, 2.75) is 57.3 Å². The third-order valence-corrected chi connectivity index (χ3v) is 8.17. The minimum atomic E-state index is -1.58. The van der Waals surface area contributed by atoms with Gasteiger partial charge in [-0.2, -0.15) is 0 Å². The van der Waals surface area contributed by atoms with Gasteiger partial charge in [-0.25, -0.2) is 14.0 Å². The van der Waals surface area contributed by atoms with Crippen LogP contribution in [0, 0.1) is 29.5 Å². The highest BCUT2D eigenvalue weighted by Crippen LogP contribution is 2.55. The Hall–Kier alpha value is -3.39. The van der Waals surface area contributed by atoms with E-state index in [1.807, 2.05) is 13.0 Å². The number of rotatable bonds is 7. The van der Waals surface area contributed by atoms with Gasteiger partial charge in [-0.15, -0.1) is 0 Å². The predicted octanol–water partition coefficient (Wildman–Crippen LogP) is 4.64. The zero-order chi connectivity index (χ0) is 27.4. The molecule has 4 N–H and O–H groups in total. The van der Waals surface area contributed by atoms with Crippen LogP contribution < -0.4 is 11.1 Å². The average Bonchev–Trinajstić information content (AvgIpc) is 3.09. The molecule has 1 aromatic rings. The third-order valence-electron chi connectivity index (χ3n) is 8.17. The van der Waals surface area contributed by atoms with E-state index in [-0.39, 0.29) is 35.5 Å². The molecule has 3 fully saturated rings. The minimum absolute atomic E-state index is 0.0230. The lowest BCUT2D eigenvalue weighted by Crippen LogP contribution is -2.56. The van der Waals surface area contributed by atoms with Gasteiger partial charge in [-0.3, -0.25) is 0 Å². The van der Waals surface area contributed by atoms with E-state index in [0.29, 0.717) is 30.7 Å². The summed E-state index contributed by atoms with van der Waals surface area (Å²) in [5, 5.41) is 14.4. The van der Waals surface area contributed by atoms with Gasteiger partial charge in [0.15, 0.2) is 5.60 Å². The number of ether oxygens (including phenoxy) is 2. The molecule has 0 bridgehead atoms. The quantitative estimate of drug-likeness (QED) is 0.354. The van der Waals surface area contributed by atoms with Crippen molar-refractivity contribution in [1.82, 2.24) is 5.32 Å². The maximum atomic E-state index is 13.6. The van der Waals surface area contributed by atoms with E-state index in [1.165, 1.54) is 12.1 Å². The molecule has 204 valence electrons. The lowest BCUT2D eigenvalue weighted by molar-refractivity contribution is -0.162. The van der Waals surface area contributed by atoms with E-state index >= 15 is 0 Å². The Kier molecular flexibility index (Phi) is 8.41. The molecule has 7 nitrogen and oxygen atoms in total. The van der Waals surface area contributed by atoms with Crippen LogP contribution in [-0.4, -0.2) is 41.5 Å². The number of carbonyl (C=O) groups excluding carboxylic acids is 2. The predicted molar refractivity (Wildman–Crippen MR) is 143 cm³/mol. The van der Waals surface area contributed by atoms with E-state index in [4.69, 9.17) is 15.2 Å². The smallest absolute Gasteiger partial charge is 0.407 e. The lowest BCUT2D eigenvalue weighted by Gasteiger charge is -2.50. The minimum Gasteiger partial charge on any atom is -0.460 e. The van der Waals surface area contributed by atoms with Crippen molar-refractivity contribution >= 4 is 17.6 Å². The van der Waals surface area contributed by atoms with Crippen LogP contribution in [0.4, 0.5) is 9.18 Å². The maximum absolute atomic E-state index is 13.6. The fraction of sp³-hybridized carbons (Fsp3) is 0.467. The van der Waals surface area contributed by atoms with Crippen LogP contribution in [0.25, 0.3) is 5.57 Å². The van der Waals surface area contributed by atoms with Gasteiger partial charge >= 0.3 is 12.1 Å². The van der Waals surface area contributed by atoms with Gasteiger partial charge in [0.2, 0.25) is 0 Å². The number of fused-ring (bicyclic) bond motifs is 2. The Morgan fingerprint density at radius 1 is 1.37 bits per heavy atom. The van der Waals surface area contributed by atoms with Gasteiger partial charge in [-0.1, -0.05) is 36.9 Å². The summed E-state index contributed by atoms with van der Waals surface area (Å²) in [6, 6.07) is 6.17. The second-order valence-corrected chi connectivity index (χ2v) is 10.5. The van der Waals surface area contributed by atoms with Crippen LogP contribution >= 0.6 is 0 Å². The molecule has 1 aliphatic heterocycles. The number of allylic oxidation sites excluding steroid dienone is 6. The summed E-state index contributed by atoms with van der Waals surface area (Å²) in [5.74, 6) is -1.21. The summed E-state index contributed by atoms with van der Waals surface area (Å²) < 4.78 is 24.2. The lowest BCUT2D eigenvalue weighted by atomic mass is 9.55. The van der Waals surface area contributed by atoms with Crippen molar-refractivity contribution in [2.24, 2.45) is 29.4 Å². The molecule has 1 saturated heterocycles. The van der Waals surface area contributed by atoms with Gasteiger partial charge in [0, 0.05) is 17.7 Å². The molecule has 0 spiro atoms. The molecule has 1 amide bonds. The number of hydrogen-bond acceptors (Lipinski definition) is 6. The van der Waals surface area contributed by atoms with Gasteiger partial charge in [0.05, 0.1) is 6.61 Å². The highest BCUT2D eigenvalue weighted by molar-refractivity contribution is 5.82. The SMILES string of the molecule is C=C\C(=C/C=C(N)/C=C/[C@H]1[C@@H]2CC[C@@H](NC(=O)OCC)C[C@H]2C[C@@]2(O)C(=O)O[C@H](C)[C@@H]12)c1cccc(F)c1. The summed E-state index contributed by atoms with van der Waals surface area (Å²) in [7, 11) is 0. The third kappa shape index (κ3) is 5.70. The Morgan fingerprint density at radius 2 is 2.16 bits per heavy atom. The van der Waals surface area contributed by atoms with Crippen LogP contribution in [0.3, 0.4) is 0 Å². The molecule has 2 aliphatic carbocycles. The zero-order valence-corrected chi connectivity index (χ0v) is 21.9. The van der Waals surface area contributed by atoms with Crippen molar-refractivity contribution in [3.05, 3.63) is 78.3 Å². The zero-order valence-electron chi connectivity index (χ0n) is 21.9. The standard InChI is InChI=1S/C30H37FN2O5/c1-4-19(20-7-6-8-22(31)15-20)9-10-23(32)11-13-26-25-14-12-24(33-29(35)37-5-2)16-21(25)17-30(36)27(26)18(3)38-28(30)34/h4,6-11,13,15,18,21,24-27,36H,1,5,12,14,16-17,32H2,2-3H3,(H,33,35)/b13-11+,19-9+,23-10-/t18-,21+,24-,25-,26+,27+,30+/m1/s1. The highest BCUT2D eigenvalue weighted by Gasteiger charge is 2.63. The van der Waals surface area contributed by atoms with Crippen molar-refractivity contribution in [3.63, 3.8) is 0 Å². The fourth-order valence-electron chi connectivity index (χ4n) is 6.56. The van der Waals surface area contributed by atoms with Crippen molar-refractivity contribution < 1.29 is 28.6 Å². The first-order valence-electron chi connectivity index (χ1n) is 13.3. The number of halogens is 1. The average molecular weight is 525 g/mol. The van der Waals surface area contributed by atoms with Crippen LogP contribution in [0.2, 0.25) is 0 Å². The molecule has 0 unspecified atom stereocenters. The molecule has 0 radical (unpaired) electrons. The molecule has 0 aromatic heterocycles. The van der Waals surface area contributed by atoms with E-state index in [1.54, 1.807) is 43.4 Å². The molecule has 38 heavy (non-hydrogen) atoms.